The van der Waals surface area contributed by atoms with E-state index in [2.05, 4.69) is 104 Å². The highest BCUT2D eigenvalue weighted by Gasteiger charge is 2.31. The van der Waals surface area contributed by atoms with Crippen LogP contribution in [0.25, 0.3) is 83.4 Å². The number of fused-ring (bicyclic) bond motifs is 7. The molecule has 2 unspecified atom stereocenters. The molecule has 2 aliphatic rings. The van der Waals surface area contributed by atoms with Gasteiger partial charge in [0.15, 0.2) is 17.5 Å². The Hall–Kier alpha value is -6.33. The lowest BCUT2D eigenvalue weighted by molar-refractivity contribution is 0.454. The molecule has 5 nitrogen and oxygen atoms in total. The van der Waals surface area contributed by atoms with Crippen molar-refractivity contribution in [2.24, 2.45) is 11.3 Å². The van der Waals surface area contributed by atoms with Crippen molar-refractivity contribution in [1.29, 1.82) is 0 Å². The molecule has 0 fully saturated rings. The number of aromatic nitrogens is 3. The fraction of sp³-hybridized carbons (Fsp3) is 0.0682. The van der Waals surface area contributed by atoms with Gasteiger partial charge in [-0.25, -0.2) is 15.0 Å². The van der Waals surface area contributed by atoms with E-state index in [9.17, 15) is 0 Å². The number of para-hydroxylation sites is 3. The summed E-state index contributed by atoms with van der Waals surface area (Å²) in [5, 5.41) is 4.33. The van der Waals surface area contributed by atoms with E-state index in [0.29, 0.717) is 17.5 Å². The number of hydrogen-bond donors (Lipinski definition) is 0. The highest BCUT2D eigenvalue weighted by molar-refractivity contribution is 6.12. The number of furan rings is 2. The van der Waals surface area contributed by atoms with Gasteiger partial charge in [0.2, 0.25) is 0 Å². The van der Waals surface area contributed by atoms with Gasteiger partial charge in [0.25, 0.3) is 0 Å². The first-order valence-electron chi connectivity index (χ1n) is 16.6. The summed E-state index contributed by atoms with van der Waals surface area (Å²) in [7, 11) is 0. The highest BCUT2D eigenvalue weighted by atomic mass is 16.3. The van der Waals surface area contributed by atoms with Gasteiger partial charge in [-0.05, 0) is 35.4 Å². The molecule has 0 saturated heterocycles. The fourth-order valence-corrected chi connectivity index (χ4v) is 7.33. The lowest BCUT2D eigenvalue weighted by atomic mass is 9.71. The monoisotopic (exact) mass is 631 g/mol. The Kier molecular flexibility index (Phi) is 6.00. The van der Waals surface area contributed by atoms with Gasteiger partial charge in [-0.3, -0.25) is 0 Å². The van der Waals surface area contributed by atoms with Gasteiger partial charge in [0, 0.05) is 44.0 Å². The first-order chi connectivity index (χ1) is 24.1. The molecule has 10 rings (SSSR count). The van der Waals surface area contributed by atoms with Gasteiger partial charge in [0.1, 0.15) is 22.3 Å². The predicted molar refractivity (Wildman–Crippen MR) is 198 cm³/mol. The highest BCUT2D eigenvalue weighted by Crippen LogP contribution is 2.42. The maximum absolute atomic E-state index is 6.42. The zero-order valence-electron chi connectivity index (χ0n) is 26.7. The van der Waals surface area contributed by atoms with Crippen LogP contribution in [-0.2, 0) is 0 Å². The van der Waals surface area contributed by atoms with Crippen molar-refractivity contribution in [2.75, 3.05) is 0 Å². The van der Waals surface area contributed by atoms with Crippen LogP contribution in [0.1, 0.15) is 12.7 Å². The Labute approximate surface area is 282 Å². The van der Waals surface area contributed by atoms with Gasteiger partial charge in [-0.2, -0.15) is 0 Å². The lowest BCUT2D eigenvalue weighted by Gasteiger charge is -2.33. The second-order valence-corrected chi connectivity index (χ2v) is 13.0. The Morgan fingerprint density at radius 2 is 1.22 bits per heavy atom. The second kappa shape index (κ2) is 10.6. The van der Waals surface area contributed by atoms with Crippen molar-refractivity contribution in [3.8, 4) is 33.9 Å². The molecule has 8 aromatic rings. The summed E-state index contributed by atoms with van der Waals surface area (Å²) in [6, 6.07) is 37.2. The summed E-state index contributed by atoms with van der Waals surface area (Å²) < 4.78 is 12.6. The van der Waals surface area contributed by atoms with E-state index in [1.54, 1.807) is 0 Å². The minimum Gasteiger partial charge on any atom is -0.456 e. The van der Waals surface area contributed by atoms with E-state index in [4.69, 9.17) is 23.8 Å². The van der Waals surface area contributed by atoms with E-state index in [0.717, 1.165) is 71.7 Å². The molecule has 3 aromatic heterocycles. The largest absolute Gasteiger partial charge is 0.456 e. The average Bonchev–Trinajstić information content (AvgIpc) is 3.73. The third-order valence-electron chi connectivity index (χ3n) is 9.98. The molecule has 0 bridgehead atoms. The summed E-state index contributed by atoms with van der Waals surface area (Å²) in [6.07, 6.45) is 15.4. The van der Waals surface area contributed by atoms with Crippen molar-refractivity contribution in [1.82, 2.24) is 15.0 Å². The Morgan fingerprint density at radius 3 is 2.10 bits per heavy atom. The zero-order valence-corrected chi connectivity index (χ0v) is 26.7. The van der Waals surface area contributed by atoms with E-state index in [1.807, 2.05) is 54.6 Å². The molecule has 3 heterocycles. The smallest absolute Gasteiger partial charge is 0.167 e. The van der Waals surface area contributed by atoms with Gasteiger partial charge in [-0.15, -0.1) is 0 Å². The molecule has 0 aliphatic heterocycles. The topological polar surface area (TPSA) is 65.0 Å². The molecule has 5 aromatic carbocycles. The van der Waals surface area contributed by atoms with Crippen molar-refractivity contribution >= 4 is 49.5 Å². The van der Waals surface area contributed by atoms with Crippen LogP contribution in [0.5, 0.6) is 0 Å². The SMILES string of the molecule is CC12C=CC=CC1C=C(c1nc(-c3ccc(-c4cccc5oc6ccccc6c45)cc3)nc(-c3cccc4c3oc3ccccc34)n1)C=C2. The van der Waals surface area contributed by atoms with E-state index < -0.39 is 0 Å². The molecule has 0 radical (unpaired) electrons. The molecule has 2 atom stereocenters. The standard InChI is InChI=1S/C44H29N3O2/c1-44-24-7-6-10-30(44)26-29(23-25-44)42-45-41(46-43(47-42)35-15-8-14-33-32-11-2-4-16-36(32)49-40(33)35)28-21-19-27(20-22-28)31-13-9-18-38-39(31)34-12-3-5-17-37(34)48-38/h2-26,30H,1H3. The van der Waals surface area contributed by atoms with Crippen molar-refractivity contribution in [3.63, 3.8) is 0 Å². The number of benzene rings is 5. The van der Waals surface area contributed by atoms with E-state index in [-0.39, 0.29) is 11.3 Å². The molecule has 5 heteroatoms. The molecular formula is C44H29N3O2. The third kappa shape index (κ3) is 4.43. The maximum atomic E-state index is 6.42. The summed E-state index contributed by atoms with van der Waals surface area (Å²) in [5.41, 5.74) is 8.22. The van der Waals surface area contributed by atoms with Gasteiger partial charge in [0.05, 0.1) is 5.56 Å². The van der Waals surface area contributed by atoms with Crippen LogP contribution < -0.4 is 0 Å². The predicted octanol–water partition coefficient (Wildman–Crippen LogP) is 11.4. The molecule has 49 heavy (non-hydrogen) atoms. The summed E-state index contributed by atoms with van der Waals surface area (Å²) in [4.78, 5) is 15.3. The molecular weight excluding hydrogens is 603 g/mol. The Bertz CT molecular complexity index is 2740. The van der Waals surface area contributed by atoms with E-state index in [1.165, 1.54) is 0 Å². The van der Waals surface area contributed by atoms with Gasteiger partial charge >= 0.3 is 0 Å². The Morgan fingerprint density at radius 1 is 0.551 bits per heavy atom. The maximum Gasteiger partial charge on any atom is 0.167 e. The van der Waals surface area contributed by atoms with Crippen LogP contribution in [0, 0.1) is 11.3 Å². The fourth-order valence-electron chi connectivity index (χ4n) is 7.33. The molecule has 0 saturated carbocycles. The number of nitrogens with zero attached hydrogens (tertiary/aromatic N) is 3. The summed E-state index contributed by atoms with van der Waals surface area (Å²) in [6.45, 7) is 2.25. The second-order valence-electron chi connectivity index (χ2n) is 13.0. The molecule has 232 valence electrons. The first kappa shape index (κ1) is 27.8. The zero-order chi connectivity index (χ0) is 32.5. The minimum atomic E-state index is -0.0736. The minimum absolute atomic E-state index is 0.0736. The number of rotatable bonds is 4. The van der Waals surface area contributed by atoms with Gasteiger partial charge in [-0.1, -0.05) is 134 Å². The summed E-state index contributed by atoms with van der Waals surface area (Å²) in [5.74, 6) is 2.02. The van der Waals surface area contributed by atoms with Crippen LogP contribution in [0.3, 0.4) is 0 Å². The molecule has 2 aliphatic carbocycles. The third-order valence-corrected chi connectivity index (χ3v) is 9.98. The molecule has 0 N–H and O–H groups in total. The van der Waals surface area contributed by atoms with E-state index >= 15 is 0 Å². The normalized spacial score (nSPS) is 18.5. The molecule has 0 spiro atoms. The van der Waals surface area contributed by atoms with Crippen molar-refractivity contribution in [3.05, 3.63) is 158 Å². The Balaban J connectivity index is 1.13. The summed E-state index contributed by atoms with van der Waals surface area (Å²) >= 11 is 0. The van der Waals surface area contributed by atoms with Crippen molar-refractivity contribution < 1.29 is 8.83 Å². The van der Waals surface area contributed by atoms with Crippen LogP contribution >= 0.6 is 0 Å². The molecule has 0 amide bonds. The van der Waals surface area contributed by atoms with Crippen molar-refractivity contribution in [2.45, 2.75) is 6.92 Å². The van der Waals surface area contributed by atoms with Gasteiger partial charge < -0.3 is 8.83 Å². The van der Waals surface area contributed by atoms with Crippen LogP contribution in [0.4, 0.5) is 0 Å². The van der Waals surface area contributed by atoms with Crippen LogP contribution in [0.2, 0.25) is 0 Å². The quantitative estimate of drug-likeness (QED) is 0.193. The lowest BCUT2D eigenvalue weighted by Crippen LogP contribution is -2.24. The average molecular weight is 632 g/mol. The number of hydrogen-bond acceptors (Lipinski definition) is 5. The van der Waals surface area contributed by atoms with Crippen LogP contribution in [0.15, 0.2) is 161 Å². The first-order valence-corrected chi connectivity index (χ1v) is 16.6. The number of allylic oxidation sites excluding steroid dienone is 8. The van der Waals surface area contributed by atoms with Crippen LogP contribution in [-0.4, -0.2) is 15.0 Å².